The maximum atomic E-state index is 6.02. The highest BCUT2D eigenvalue weighted by molar-refractivity contribution is 6.30. The molecule has 1 aromatic carbocycles. The third kappa shape index (κ3) is 3.51. The van der Waals surface area contributed by atoms with E-state index in [0.29, 0.717) is 0 Å². The summed E-state index contributed by atoms with van der Waals surface area (Å²) >= 11 is 5.93. The zero-order valence-corrected chi connectivity index (χ0v) is 13.6. The highest BCUT2D eigenvalue weighted by atomic mass is 35.5. The Morgan fingerprint density at radius 3 is 2.95 bits per heavy atom. The average molecular weight is 320 g/mol. The Morgan fingerprint density at radius 1 is 1.36 bits per heavy atom. The summed E-state index contributed by atoms with van der Waals surface area (Å²) in [4.78, 5) is 4.51. The lowest BCUT2D eigenvalue weighted by Crippen LogP contribution is -2.40. The Kier molecular flexibility index (Phi) is 5.13. The molecule has 4 nitrogen and oxygen atoms in total. The van der Waals surface area contributed by atoms with Gasteiger partial charge < -0.3 is 14.6 Å². The summed E-state index contributed by atoms with van der Waals surface area (Å²) in [6.45, 7) is 4.66. The molecular formula is C17H22ClN3O. The summed E-state index contributed by atoms with van der Waals surface area (Å²) in [7, 11) is 0. The van der Waals surface area contributed by atoms with Crippen LogP contribution in [0.3, 0.4) is 0 Å². The van der Waals surface area contributed by atoms with Crippen LogP contribution in [0.5, 0.6) is 0 Å². The average Bonchev–Trinajstić information content (AvgIpc) is 3.03. The molecule has 2 atom stereocenters. The molecule has 1 saturated heterocycles. The van der Waals surface area contributed by atoms with Crippen molar-refractivity contribution in [3.05, 3.63) is 53.1 Å². The first-order chi connectivity index (χ1) is 10.8. The minimum Gasteiger partial charge on any atom is -0.369 e. The molecule has 0 unspecified atom stereocenters. The number of hydrogen-bond acceptors (Lipinski definition) is 3. The largest absolute Gasteiger partial charge is 0.369 e. The van der Waals surface area contributed by atoms with Crippen molar-refractivity contribution in [2.45, 2.75) is 45.0 Å². The molecule has 2 heterocycles. The zero-order valence-electron chi connectivity index (χ0n) is 12.8. The van der Waals surface area contributed by atoms with Crippen LogP contribution in [0, 0.1) is 0 Å². The van der Waals surface area contributed by atoms with Gasteiger partial charge in [-0.2, -0.15) is 0 Å². The van der Waals surface area contributed by atoms with Crippen molar-refractivity contribution in [3.8, 4) is 0 Å². The van der Waals surface area contributed by atoms with Gasteiger partial charge in [-0.15, -0.1) is 0 Å². The first-order valence-electron chi connectivity index (χ1n) is 7.88. The molecule has 0 spiro atoms. The van der Waals surface area contributed by atoms with Gasteiger partial charge in [0, 0.05) is 43.2 Å². The van der Waals surface area contributed by atoms with E-state index in [9.17, 15) is 0 Å². The van der Waals surface area contributed by atoms with Crippen molar-refractivity contribution in [3.63, 3.8) is 0 Å². The lowest BCUT2D eigenvalue weighted by molar-refractivity contribution is -0.0182. The van der Waals surface area contributed by atoms with Gasteiger partial charge in [0.05, 0.1) is 0 Å². The van der Waals surface area contributed by atoms with E-state index < -0.39 is 0 Å². The van der Waals surface area contributed by atoms with E-state index in [1.807, 2.05) is 24.5 Å². The van der Waals surface area contributed by atoms with Gasteiger partial charge in [0.1, 0.15) is 11.9 Å². The fourth-order valence-electron chi connectivity index (χ4n) is 2.94. The lowest BCUT2D eigenvalue weighted by atomic mass is 10.0. The van der Waals surface area contributed by atoms with Crippen LogP contribution >= 0.6 is 11.6 Å². The number of aromatic nitrogens is 2. The van der Waals surface area contributed by atoms with E-state index in [2.05, 4.69) is 33.9 Å². The summed E-state index contributed by atoms with van der Waals surface area (Å²) in [5.41, 5.74) is 1.23. The maximum Gasteiger partial charge on any atom is 0.139 e. The van der Waals surface area contributed by atoms with Crippen LogP contribution in [-0.2, 0) is 17.8 Å². The van der Waals surface area contributed by atoms with E-state index in [1.54, 1.807) is 0 Å². The molecule has 22 heavy (non-hydrogen) atoms. The standard InChI is InChI=1S/C17H22ClN3O/c1-2-21-10-9-19-17(21)16-15(4-3-11-22-16)20-12-13-5-7-14(18)8-6-13/h5-10,15-16,20H,2-4,11-12H2,1H3/t15-,16-/m1/s1. The topological polar surface area (TPSA) is 39.1 Å². The van der Waals surface area contributed by atoms with Crippen LogP contribution in [-0.4, -0.2) is 22.2 Å². The molecule has 1 N–H and O–H groups in total. The van der Waals surface area contributed by atoms with Gasteiger partial charge in [-0.05, 0) is 37.5 Å². The molecule has 3 rings (SSSR count). The molecule has 118 valence electrons. The van der Waals surface area contributed by atoms with E-state index in [-0.39, 0.29) is 12.1 Å². The fraction of sp³-hybridized carbons (Fsp3) is 0.471. The molecule has 1 aliphatic heterocycles. The summed E-state index contributed by atoms with van der Waals surface area (Å²) in [5.74, 6) is 1.02. The Morgan fingerprint density at radius 2 is 2.18 bits per heavy atom. The van der Waals surface area contributed by atoms with Crippen molar-refractivity contribution < 1.29 is 4.74 Å². The second kappa shape index (κ2) is 7.27. The van der Waals surface area contributed by atoms with Crippen molar-refractivity contribution >= 4 is 11.6 Å². The molecule has 5 heteroatoms. The quantitative estimate of drug-likeness (QED) is 0.915. The van der Waals surface area contributed by atoms with Crippen molar-refractivity contribution in [1.82, 2.24) is 14.9 Å². The Labute approximate surface area is 136 Å². The summed E-state index contributed by atoms with van der Waals surface area (Å²) < 4.78 is 8.18. The van der Waals surface area contributed by atoms with Crippen LogP contribution in [0.2, 0.25) is 5.02 Å². The van der Waals surface area contributed by atoms with Crippen LogP contribution in [0.15, 0.2) is 36.7 Å². The number of hydrogen-bond donors (Lipinski definition) is 1. The van der Waals surface area contributed by atoms with Gasteiger partial charge in [0.15, 0.2) is 0 Å². The molecule has 1 aromatic heterocycles. The molecule has 0 radical (unpaired) electrons. The number of aryl methyl sites for hydroxylation is 1. The Bertz CT molecular complexity index is 596. The minimum atomic E-state index is 0.0241. The van der Waals surface area contributed by atoms with Crippen molar-refractivity contribution in [1.29, 1.82) is 0 Å². The van der Waals surface area contributed by atoms with Gasteiger partial charge in [-0.1, -0.05) is 23.7 Å². The van der Waals surface area contributed by atoms with Gasteiger partial charge in [-0.25, -0.2) is 4.98 Å². The van der Waals surface area contributed by atoms with Gasteiger partial charge in [0.2, 0.25) is 0 Å². The first kappa shape index (κ1) is 15.5. The number of ether oxygens (including phenoxy) is 1. The van der Waals surface area contributed by atoms with Crippen molar-refractivity contribution in [2.24, 2.45) is 0 Å². The molecule has 1 aliphatic rings. The maximum absolute atomic E-state index is 6.02. The van der Waals surface area contributed by atoms with Gasteiger partial charge >= 0.3 is 0 Å². The van der Waals surface area contributed by atoms with E-state index in [1.165, 1.54) is 5.56 Å². The number of rotatable bonds is 5. The van der Waals surface area contributed by atoms with Crippen molar-refractivity contribution in [2.75, 3.05) is 6.61 Å². The number of imidazole rings is 1. The third-order valence-corrected chi connectivity index (χ3v) is 4.40. The highest BCUT2D eigenvalue weighted by Crippen LogP contribution is 2.27. The normalized spacial score (nSPS) is 21.9. The van der Waals surface area contributed by atoms with Crippen LogP contribution in [0.1, 0.15) is 37.3 Å². The second-order valence-electron chi connectivity index (χ2n) is 5.62. The van der Waals surface area contributed by atoms with Crippen LogP contribution in [0.4, 0.5) is 0 Å². The Hall–Kier alpha value is -1.36. The molecule has 0 saturated carbocycles. The smallest absolute Gasteiger partial charge is 0.139 e. The molecular weight excluding hydrogens is 298 g/mol. The highest BCUT2D eigenvalue weighted by Gasteiger charge is 2.30. The second-order valence-corrected chi connectivity index (χ2v) is 6.06. The number of nitrogens with one attached hydrogen (secondary N) is 1. The fourth-order valence-corrected chi connectivity index (χ4v) is 3.07. The summed E-state index contributed by atoms with van der Waals surface area (Å²) in [6.07, 6.45) is 6.09. The first-order valence-corrected chi connectivity index (χ1v) is 8.26. The van der Waals surface area contributed by atoms with Gasteiger partial charge in [0.25, 0.3) is 0 Å². The van der Waals surface area contributed by atoms with Crippen LogP contribution in [0.25, 0.3) is 0 Å². The molecule has 0 bridgehead atoms. The number of nitrogens with zero attached hydrogens (tertiary/aromatic N) is 2. The molecule has 0 amide bonds. The minimum absolute atomic E-state index is 0.0241. The predicted octanol–water partition coefficient (Wildman–Crippen LogP) is 3.57. The van der Waals surface area contributed by atoms with E-state index in [4.69, 9.17) is 16.3 Å². The number of benzene rings is 1. The SMILES string of the molecule is CCn1ccnc1[C@@H]1OCCC[C@H]1NCc1ccc(Cl)cc1. The monoisotopic (exact) mass is 319 g/mol. The summed E-state index contributed by atoms with van der Waals surface area (Å²) in [6, 6.07) is 8.26. The molecule has 0 aliphatic carbocycles. The van der Waals surface area contributed by atoms with E-state index in [0.717, 1.165) is 43.4 Å². The van der Waals surface area contributed by atoms with E-state index >= 15 is 0 Å². The number of halogens is 1. The molecule has 2 aromatic rings. The zero-order chi connectivity index (χ0) is 15.4. The lowest BCUT2D eigenvalue weighted by Gasteiger charge is -2.32. The predicted molar refractivity (Wildman–Crippen MR) is 87.9 cm³/mol. The summed E-state index contributed by atoms with van der Waals surface area (Å²) in [5, 5.41) is 4.40. The Balaban J connectivity index is 1.69. The van der Waals surface area contributed by atoms with Crippen LogP contribution < -0.4 is 5.32 Å². The van der Waals surface area contributed by atoms with Gasteiger partial charge in [-0.3, -0.25) is 0 Å². The third-order valence-electron chi connectivity index (χ3n) is 4.15. The molecule has 1 fully saturated rings.